The molecular weight excluding hydrogens is 170 g/mol. The predicted octanol–water partition coefficient (Wildman–Crippen LogP) is -2.05. The Labute approximate surface area is 68.1 Å². The standard InChI is InChI=1S/C6H11FO5/c7-5(11)1-3(9)6(12)4(10)2-8/h3-4,6,8-10,12H,1-2H2/t3-,4-,6+/m1/s1/i7-1. The van der Waals surface area contributed by atoms with Gasteiger partial charge in [-0.1, -0.05) is 0 Å². The molecule has 3 atom stereocenters. The SMILES string of the molecule is O=C([18F])C[C@@H](O)[C@H](O)[C@H](O)CO. The molecule has 4 N–H and O–H groups in total. The Morgan fingerprint density at radius 3 is 2.08 bits per heavy atom. The fourth-order valence-corrected chi connectivity index (χ4v) is 0.650. The zero-order valence-corrected chi connectivity index (χ0v) is 6.22. The van der Waals surface area contributed by atoms with Gasteiger partial charge in [0.1, 0.15) is 12.2 Å². The van der Waals surface area contributed by atoms with Gasteiger partial charge in [0.15, 0.2) is 0 Å². The van der Waals surface area contributed by atoms with E-state index in [0.717, 1.165) is 0 Å². The molecular formula is C6H11FO5. The van der Waals surface area contributed by atoms with Crippen molar-refractivity contribution in [2.45, 2.75) is 24.7 Å². The van der Waals surface area contributed by atoms with Crippen molar-refractivity contribution in [3.8, 4) is 0 Å². The molecule has 0 saturated carbocycles. The molecule has 0 amide bonds. The van der Waals surface area contributed by atoms with Gasteiger partial charge in [0.2, 0.25) is 0 Å². The van der Waals surface area contributed by atoms with E-state index in [1.807, 2.05) is 0 Å². The van der Waals surface area contributed by atoms with Crippen molar-refractivity contribution in [3.05, 3.63) is 0 Å². The topological polar surface area (TPSA) is 98.0 Å². The van der Waals surface area contributed by atoms with Crippen LogP contribution in [0.1, 0.15) is 6.42 Å². The van der Waals surface area contributed by atoms with Gasteiger partial charge in [-0.15, -0.1) is 0 Å². The third-order valence-corrected chi connectivity index (χ3v) is 1.35. The van der Waals surface area contributed by atoms with Gasteiger partial charge in [0.05, 0.1) is 19.1 Å². The van der Waals surface area contributed by atoms with Crippen LogP contribution in [0.5, 0.6) is 0 Å². The lowest BCUT2D eigenvalue weighted by atomic mass is 10.1. The molecule has 72 valence electrons. The van der Waals surface area contributed by atoms with E-state index in [0.29, 0.717) is 0 Å². The van der Waals surface area contributed by atoms with Crippen molar-refractivity contribution in [2.24, 2.45) is 0 Å². The van der Waals surface area contributed by atoms with Gasteiger partial charge < -0.3 is 20.4 Å². The first kappa shape index (κ1) is 11.4. The molecule has 0 unspecified atom stereocenters. The molecule has 6 heteroatoms. The van der Waals surface area contributed by atoms with Crippen LogP contribution in [0.4, 0.5) is 4.39 Å². The van der Waals surface area contributed by atoms with Crippen molar-refractivity contribution in [2.75, 3.05) is 6.61 Å². The minimum Gasteiger partial charge on any atom is -0.394 e. The summed E-state index contributed by atoms with van der Waals surface area (Å²) in [4.78, 5) is 9.79. The molecule has 0 fully saturated rings. The van der Waals surface area contributed by atoms with E-state index in [1.54, 1.807) is 0 Å². The average molecular weight is 181 g/mol. The minimum absolute atomic E-state index is 0.765. The summed E-state index contributed by atoms with van der Waals surface area (Å²) < 4.78 is 11.6. The van der Waals surface area contributed by atoms with Crippen LogP contribution in [0.3, 0.4) is 0 Å². The van der Waals surface area contributed by atoms with Crippen molar-refractivity contribution >= 4 is 6.04 Å². The third-order valence-electron chi connectivity index (χ3n) is 1.35. The van der Waals surface area contributed by atoms with Crippen LogP contribution in [0.2, 0.25) is 0 Å². The lowest BCUT2D eigenvalue weighted by Crippen LogP contribution is -2.40. The Morgan fingerprint density at radius 1 is 1.25 bits per heavy atom. The Balaban J connectivity index is 3.91. The Hall–Kier alpha value is -0.560. The maximum atomic E-state index is 11.6. The minimum atomic E-state index is -1.79. The molecule has 0 heterocycles. The van der Waals surface area contributed by atoms with Crippen LogP contribution in [0.25, 0.3) is 0 Å². The Kier molecular flexibility index (Phi) is 4.91. The summed E-state index contributed by atoms with van der Waals surface area (Å²) >= 11 is 0. The van der Waals surface area contributed by atoms with Crippen molar-refractivity contribution in [3.63, 3.8) is 0 Å². The number of halogens is 1. The van der Waals surface area contributed by atoms with Gasteiger partial charge in [0.25, 0.3) is 0 Å². The van der Waals surface area contributed by atoms with Crippen LogP contribution in [-0.4, -0.2) is 51.4 Å². The fourth-order valence-electron chi connectivity index (χ4n) is 0.650. The summed E-state index contributed by atoms with van der Waals surface area (Å²) in [5.41, 5.74) is 0. The predicted molar refractivity (Wildman–Crippen MR) is 35.8 cm³/mol. The molecule has 0 bridgehead atoms. The van der Waals surface area contributed by atoms with Crippen molar-refractivity contribution in [1.29, 1.82) is 0 Å². The lowest BCUT2D eigenvalue weighted by Gasteiger charge is -2.19. The van der Waals surface area contributed by atoms with Crippen LogP contribution in [0, 0.1) is 0 Å². The maximum absolute atomic E-state index is 11.6. The summed E-state index contributed by atoms with van der Waals surface area (Å²) in [6, 6.07) is -1.79. The maximum Gasteiger partial charge on any atom is 0.304 e. The van der Waals surface area contributed by atoms with Crippen molar-refractivity contribution < 1.29 is 29.6 Å². The fraction of sp³-hybridized carbons (Fsp3) is 0.833. The van der Waals surface area contributed by atoms with E-state index >= 15 is 0 Å². The van der Waals surface area contributed by atoms with Gasteiger partial charge in [-0.25, -0.2) is 0 Å². The van der Waals surface area contributed by atoms with Crippen LogP contribution in [-0.2, 0) is 4.79 Å². The van der Waals surface area contributed by atoms with Crippen LogP contribution >= 0.6 is 0 Å². The smallest absolute Gasteiger partial charge is 0.304 e. The normalized spacial score (nSPS) is 18.4. The number of rotatable bonds is 5. The number of aliphatic hydroxyl groups excluding tert-OH is 4. The first-order valence-corrected chi connectivity index (χ1v) is 3.32. The molecule has 0 aliphatic carbocycles. The van der Waals surface area contributed by atoms with E-state index in [9.17, 15) is 9.18 Å². The zero-order chi connectivity index (χ0) is 9.72. The molecule has 0 aromatic carbocycles. The number of carbonyl (C=O) groups excluding carboxylic acids is 1. The molecule has 0 aromatic rings. The van der Waals surface area contributed by atoms with E-state index in [1.165, 1.54) is 0 Å². The quantitative estimate of drug-likeness (QED) is 0.366. The number of aliphatic hydroxyl groups is 4. The zero-order valence-electron chi connectivity index (χ0n) is 6.22. The second kappa shape index (κ2) is 5.15. The van der Waals surface area contributed by atoms with Gasteiger partial charge in [-0.2, -0.15) is 4.39 Å². The van der Waals surface area contributed by atoms with Crippen molar-refractivity contribution in [1.82, 2.24) is 0 Å². The molecule has 0 saturated heterocycles. The Morgan fingerprint density at radius 2 is 1.75 bits per heavy atom. The number of carbonyl (C=O) groups is 1. The highest BCUT2D eigenvalue weighted by molar-refractivity contribution is 5.68. The van der Waals surface area contributed by atoms with Crippen LogP contribution < -0.4 is 0 Å². The molecule has 0 aliphatic heterocycles. The van der Waals surface area contributed by atoms with Gasteiger partial charge >= 0.3 is 6.04 Å². The first-order chi connectivity index (χ1) is 5.49. The highest BCUT2D eigenvalue weighted by Gasteiger charge is 2.25. The highest BCUT2D eigenvalue weighted by atomic mass is 18.2. The first-order valence-electron chi connectivity index (χ1n) is 3.32. The largest absolute Gasteiger partial charge is 0.394 e. The molecule has 0 aromatic heterocycles. The summed E-state index contributed by atoms with van der Waals surface area (Å²) in [5.74, 6) is 0. The summed E-state index contributed by atoms with van der Waals surface area (Å²) in [6.45, 7) is -0.765. The Bertz CT molecular complexity index is 151. The summed E-state index contributed by atoms with van der Waals surface area (Å²) in [7, 11) is 0. The molecule has 0 radical (unpaired) electrons. The summed E-state index contributed by atoms with van der Waals surface area (Å²) in [6.07, 6.45) is -5.86. The number of hydrogen-bond donors (Lipinski definition) is 4. The van der Waals surface area contributed by atoms with Crippen LogP contribution in [0.15, 0.2) is 0 Å². The summed E-state index contributed by atoms with van der Waals surface area (Å²) in [5, 5.41) is 34.7. The van der Waals surface area contributed by atoms with E-state index < -0.39 is 37.4 Å². The highest BCUT2D eigenvalue weighted by Crippen LogP contribution is 2.04. The second-order valence-electron chi connectivity index (χ2n) is 2.37. The molecule has 0 rings (SSSR count). The van der Waals surface area contributed by atoms with Gasteiger partial charge in [0, 0.05) is 0 Å². The second-order valence-corrected chi connectivity index (χ2v) is 2.37. The third kappa shape index (κ3) is 3.72. The van der Waals surface area contributed by atoms with E-state index in [2.05, 4.69) is 0 Å². The lowest BCUT2D eigenvalue weighted by molar-refractivity contribution is -0.136. The van der Waals surface area contributed by atoms with E-state index in [4.69, 9.17) is 20.4 Å². The molecule has 12 heavy (non-hydrogen) atoms. The molecule has 5 nitrogen and oxygen atoms in total. The van der Waals surface area contributed by atoms with Gasteiger partial charge in [-0.05, 0) is 0 Å². The average Bonchev–Trinajstić information content (AvgIpc) is 2.00. The van der Waals surface area contributed by atoms with E-state index in [-0.39, 0.29) is 0 Å². The molecule has 0 aliphatic rings. The monoisotopic (exact) mass is 181 g/mol. The number of hydrogen-bond acceptors (Lipinski definition) is 5. The molecule has 0 spiro atoms. The van der Waals surface area contributed by atoms with Gasteiger partial charge in [-0.3, -0.25) is 4.79 Å².